The van der Waals surface area contributed by atoms with Crippen LogP contribution in [0.15, 0.2) is 60.7 Å². The van der Waals surface area contributed by atoms with Gasteiger partial charge in [0.15, 0.2) is 0 Å². The molecular weight excluding hydrogens is 234 g/mol. The molecule has 0 saturated carbocycles. The summed E-state index contributed by atoms with van der Waals surface area (Å²) in [5.41, 5.74) is 1.90. The molecule has 0 N–H and O–H groups in total. The minimum atomic E-state index is 0.0828. The second kappa shape index (κ2) is 6.19. The SMILES string of the molecule is CC(C)N(Cc1ccccc1)C(=O)c1ccccc1. The van der Waals surface area contributed by atoms with Crippen LogP contribution in [0.25, 0.3) is 0 Å². The molecule has 0 bridgehead atoms. The van der Waals surface area contributed by atoms with Crippen molar-refractivity contribution in [3.8, 4) is 0 Å². The summed E-state index contributed by atoms with van der Waals surface area (Å²) in [7, 11) is 0. The maximum absolute atomic E-state index is 12.5. The monoisotopic (exact) mass is 253 g/mol. The molecule has 19 heavy (non-hydrogen) atoms. The van der Waals surface area contributed by atoms with Crippen molar-refractivity contribution in [2.45, 2.75) is 26.4 Å². The summed E-state index contributed by atoms with van der Waals surface area (Å²) in [6.45, 7) is 4.74. The molecule has 0 fully saturated rings. The lowest BCUT2D eigenvalue weighted by atomic mass is 10.1. The highest BCUT2D eigenvalue weighted by molar-refractivity contribution is 5.94. The van der Waals surface area contributed by atoms with Gasteiger partial charge < -0.3 is 4.90 Å². The van der Waals surface area contributed by atoms with Crippen LogP contribution in [0.5, 0.6) is 0 Å². The van der Waals surface area contributed by atoms with Crippen LogP contribution in [-0.4, -0.2) is 16.8 Å². The summed E-state index contributed by atoms with van der Waals surface area (Å²) >= 11 is 0. The molecule has 98 valence electrons. The zero-order valence-electron chi connectivity index (χ0n) is 11.4. The van der Waals surface area contributed by atoms with Gasteiger partial charge in [-0.05, 0) is 31.5 Å². The quantitative estimate of drug-likeness (QED) is 0.813. The highest BCUT2D eigenvalue weighted by Crippen LogP contribution is 2.13. The van der Waals surface area contributed by atoms with E-state index in [4.69, 9.17) is 0 Å². The molecule has 0 aliphatic rings. The van der Waals surface area contributed by atoms with Crippen molar-refractivity contribution in [1.82, 2.24) is 4.90 Å². The number of hydrogen-bond acceptors (Lipinski definition) is 1. The van der Waals surface area contributed by atoms with Crippen molar-refractivity contribution < 1.29 is 4.79 Å². The summed E-state index contributed by atoms with van der Waals surface area (Å²) in [5, 5.41) is 0. The standard InChI is InChI=1S/C17H19NO/c1-14(2)18(13-15-9-5-3-6-10-15)17(19)16-11-7-4-8-12-16/h3-12,14H,13H2,1-2H3. The third kappa shape index (κ3) is 3.44. The van der Waals surface area contributed by atoms with E-state index in [0.29, 0.717) is 6.54 Å². The van der Waals surface area contributed by atoms with Gasteiger partial charge in [-0.3, -0.25) is 4.79 Å². The van der Waals surface area contributed by atoms with Gasteiger partial charge in [-0.1, -0.05) is 48.5 Å². The van der Waals surface area contributed by atoms with E-state index in [1.54, 1.807) is 0 Å². The zero-order chi connectivity index (χ0) is 13.7. The molecule has 2 heteroatoms. The highest BCUT2D eigenvalue weighted by Gasteiger charge is 2.18. The summed E-state index contributed by atoms with van der Waals surface area (Å²) in [6.07, 6.45) is 0. The van der Waals surface area contributed by atoms with Gasteiger partial charge in [0.05, 0.1) is 0 Å². The van der Waals surface area contributed by atoms with Crippen LogP contribution in [0.3, 0.4) is 0 Å². The second-order valence-electron chi connectivity index (χ2n) is 4.88. The molecular formula is C17H19NO. The van der Waals surface area contributed by atoms with Crippen LogP contribution >= 0.6 is 0 Å². The van der Waals surface area contributed by atoms with Crippen molar-refractivity contribution in [3.63, 3.8) is 0 Å². The van der Waals surface area contributed by atoms with Crippen LogP contribution in [-0.2, 0) is 6.54 Å². The lowest BCUT2D eigenvalue weighted by Crippen LogP contribution is -2.36. The van der Waals surface area contributed by atoms with Gasteiger partial charge in [-0.15, -0.1) is 0 Å². The van der Waals surface area contributed by atoms with Gasteiger partial charge in [0.2, 0.25) is 0 Å². The molecule has 0 unspecified atom stereocenters. The van der Waals surface area contributed by atoms with Crippen molar-refractivity contribution in [1.29, 1.82) is 0 Å². The van der Waals surface area contributed by atoms with Gasteiger partial charge in [0.1, 0.15) is 0 Å². The average Bonchev–Trinajstić information content (AvgIpc) is 2.46. The van der Waals surface area contributed by atoms with E-state index in [9.17, 15) is 4.79 Å². The lowest BCUT2D eigenvalue weighted by molar-refractivity contribution is 0.0690. The van der Waals surface area contributed by atoms with Crippen LogP contribution in [0.2, 0.25) is 0 Å². The molecule has 0 aromatic heterocycles. The number of amides is 1. The topological polar surface area (TPSA) is 20.3 Å². The van der Waals surface area contributed by atoms with E-state index >= 15 is 0 Å². The Hall–Kier alpha value is -2.09. The van der Waals surface area contributed by atoms with E-state index in [2.05, 4.69) is 0 Å². The minimum Gasteiger partial charge on any atom is -0.332 e. The fraction of sp³-hybridized carbons (Fsp3) is 0.235. The first-order valence-corrected chi connectivity index (χ1v) is 6.58. The molecule has 2 aromatic rings. The van der Waals surface area contributed by atoms with E-state index in [-0.39, 0.29) is 11.9 Å². The van der Waals surface area contributed by atoms with Crippen molar-refractivity contribution >= 4 is 5.91 Å². The molecule has 0 spiro atoms. The van der Waals surface area contributed by atoms with Crippen molar-refractivity contribution in [2.24, 2.45) is 0 Å². The van der Waals surface area contributed by atoms with Gasteiger partial charge >= 0.3 is 0 Å². The Morgan fingerprint density at radius 2 is 1.47 bits per heavy atom. The summed E-state index contributed by atoms with van der Waals surface area (Å²) < 4.78 is 0. The Balaban J connectivity index is 2.19. The predicted octanol–water partition coefficient (Wildman–Crippen LogP) is 3.74. The van der Waals surface area contributed by atoms with E-state index in [1.807, 2.05) is 79.4 Å². The zero-order valence-corrected chi connectivity index (χ0v) is 11.4. The maximum Gasteiger partial charge on any atom is 0.254 e. The largest absolute Gasteiger partial charge is 0.332 e. The minimum absolute atomic E-state index is 0.0828. The molecule has 0 saturated heterocycles. The molecule has 2 aromatic carbocycles. The first-order valence-electron chi connectivity index (χ1n) is 6.58. The summed E-state index contributed by atoms with van der Waals surface area (Å²) in [6, 6.07) is 19.7. The van der Waals surface area contributed by atoms with Crippen molar-refractivity contribution in [2.75, 3.05) is 0 Å². The number of nitrogens with zero attached hydrogens (tertiary/aromatic N) is 1. The molecule has 0 aliphatic carbocycles. The second-order valence-corrected chi connectivity index (χ2v) is 4.88. The molecule has 0 aliphatic heterocycles. The summed E-state index contributed by atoms with van der Waals surface area (Å²) in [4.78, 5) is 14.4. The number of rotatable bonds is 4. The molecule has 0 atom stereocenters. The van der Waals surface area contributed by atoms with Gasteiger partial charge in [0, 0.05) is 18.2 Å². The first-order chi connectivity index (χ1) is 9.18. The smallest absolute Gasteiger partial charge is 0.254 e. The molecule has 0 heterocycles. The fourth-order valence-corrected chi connectivity index (χ4v) is 2.02. The van der Waals surface area contributed by atoms with Gasteiger partial charge in [-0.2, -0.15) is 0 Å². The Morgan fingerprint density at radius 3 is 2.00 bits per heavy atom. The predicted molar refractivity (Wildman–Crippen MR) is 77.9 cm³/mol. The van der Waals surface area contributed by atoms with Gasteiger partial charge in [0.25, 0.3) is 5.91 Å². The van der Waals surface area contributed by atoms with E-state index in [1.165, 1.54) is 0 Å². The van der Waals surface area contributed by atoms with Crippen molar-refractivity contribution in [3.05, 3.63) is 71.8 Å². The fourth-order valence-electron chi connectivity index (χ4n) is 2.02. The van der Waals surface area contributed by atoms with Crippen LogP contribution in [0.4, 0.5) is 0 Å². The first kappa shape index (κ1) is 13.3. The number of carbonyl (C=O) groups is 1. The molecule has 0 radical (unpaired) electrons. The number of benzene rings is 2. The Bertz CT molecular complexity index is 519. The molecule has 2 rings (SSSR count). The Labute approximate surface area is 114 Å². The third-order valence-electron chi connectivity index (χ3n) is 3.10. The van der Waals surface area contributed by atoms with E-state index in [0.717, 1.165) is 11.1 Å². The lowest BCUT2D eigenvalue weighted by Gasteiger charge is -2.27. The number of carbonyl (C=O) groups excluding carboxylic acids is 1. The van der Waals surface area contributed by atoms with Gasteiger partial charge in [-0.25, -0.2) is 0 Å². The average molecular weight is 253 g/mol. The Kier molecular flexibility index (Phi) is 4.35. The van der Waals surface area contributed by atoms with E-state index < -0.39 is 0 Å². The third-order valence-corrected chi connectivity index (χ3v) is 3.10. The highest BCUT2D eigenvalue weighted by atomic mass is 16.2. The summed E-state index contributed by atoms with van der Waals surface area (Å²) in [5.74, 6) is 0.0828. The Morgan fingerprint density at radius 1 is 0.947 bits per heavy atom. The number of hydrogen-bond donors (Lipinski definition) is 0. The van der Waals surface area contributed by atoms with Crippen LogP contribution in [0, 0.1) is 0 Å². The molecule has 1 amide bonds. The molecule has 2 nitrogen and oxygen atoms in total. The van der Waals surface area contributed by atoms with Crippen LogP contribution < -0.4 is 0 Å². The normalized spacial score (nSPS) is 10.5. The van der Waals surface area contributed by atoms with Crippen LogP contribution in [0.1, 0.15) is 29.8 Å². The maximum atomic E-state index is 12.5.